The van der Waals surface area contributed by atoms with Crippen LogP contribution in [0.15, 0.2) is 41.3 Å². The number of benzene rings is 1. The van der Waals surface area contributed by atoms with Gasteiger partial charge < -0.3 is 5.11 Å². The van der Waals surface area contributed by atoms with Gasteiger partial charge in [-0.3, -0.25) is 10.00 Å². The van der Waals surface area contributed by atoms with Gasteiger partial charge in [-0.25, -0.2) is 8.42 Å². The summed E-state index contributed by atoms with van der Waals surface area (Å²) in [5.74, 6) is 0.157. The Morgan fingerprint density at radius 3 is 2.71 bits per heavy atom. The van der Waals surface area contributed by atoms with Crippen molar-refractivity contribution >= 4 is 9.84 Å². The molecule has 0 amide bonds. The predicted octanol–water partition coefficient (Wildman–Crippen LogP) is 1.03. The van der Waals surface area contributed by atoms with E-state index in [0.717, 1.165) is 11.4 Å². The molecule has 1 aliphatic rings. The van der Waals surface area contributed by atoms with Gasteiger partial charge in [0.1, 0.15) is 0 Å². The molecule has 2 heterocycles. The van der Waals surface area contributed by atoms with Crippen molar-refractivity contribution in [2.45, 2.75) is 24.3 Å². The normalized spacial score (nSPS) is 22.1. The quantitative estimate of drug-likeness (QED) is 0.813. The molecule has 0 spiro atoms. The van der Waals surface area contributed by atoms with Crippen molar-refractivity contribution < 1.29 is 13.5 Å². The largest absolute Gasteiger partial charge is 0.391 e. The summed E-state index contributed by atoms with van der Waals surface area (Å²) >= 11 is 0. The lowest BCUT2D eigenvalue weighted by atomic mass is 10.0. The molecule has 0 bridgehead atoms. The average molecular weight is 349 g/mol. The number of likely N-dealkylation sites (tertiary alicyclic amines) is 1. The van der Waals surface area contributed by atoms with Crippen LogP contribution in [0.5, 0.6) is 0 Å². The van der Waals surface area contributed by atoms with Crippen molar-refractivity contribution in [1.29, 1.82) is 0 Å². The molecule has 24 heavy (non-hydrogen) atoms. The summed E-state index contributed by atoms with van der Waals surface area (Å²) in [6.45, 7) is 3.59. The van der Waals surface area contributed by atoms with Gasteiger partial charge in [-0.1, -0.05) is 18.2 Å². The highest BCUT2D eigenvalue weighted by Crippen LogP contribution is 2.21. The summed E-state index contributed by atoms with van der Waals surface area (Å²) in [6.07, 6.45) is 0.259. The fraction of sp³-hybridized carbons (Fsp3) is 0.471. The molecular weight excluding hydrogens is 326 g/mol. The maximum atomic E-state index is 12.3. The second-order valence-electron chi connectivity index (χ2n) is 6.47. The minimum atomic E-state index is -3.28. The molecule has 1 aromatic heterocycles. The number of aromatic nitrogens is 2. The Hall–Kier alpha value is -1.70. The summed E-state index contributed by atoms with van der Waals surface area (Å²) in [6, 6.07) is 10.5. The third kappa shape index (κ3) is 4.03. The summed E-state index contributed by atoms with van der Waals surface area (Å²) in [4.78, 5) is 2.38. The van der Waals surface area contributed by atoms with E-state index in [1.54, 1.807) is 30.3 Å². The highest BCUT2D eigenvalue weighted by molar-refractivity contribution is 7.91. The first-order chi connectivity index (χ1) is 11.4. The van der Waals surface area contributed by atoms with Crippen molar-refractivity contribution in [3.8, 4) is 0 Å². The Morgan fingerprint density at radius 1 is 1.29 bits per heavy atom. The Balaban J connectivity index is 1.55. The fourth-order valence-electron chi connectivity index (χ4n) is 3.17. The zero-order valence-corrected chi connectivity index (χ0v) is 14.5. The molecule has 130 valence electrons. The van der Waals surface area contributed by atoms with E-state index in [9.17, 15) is 13.5 Å². The number of aryl methyl sites for hydroxylation is 1. The molecule has 0 aliphatic carbocycles. The van der Waals surface area contributed by atoms with Gasteiger partial charge in [-0.15, -0.1) is 0 Å². The zero-order valence-electron chi connectivity index (χ0n) is 13.7. The van der Waals surface area contributed by atoms with E-state index < -0.39 is 15.9 Å². The van der Waals surface area contributed by atoms with Gasteiger partial charge in [0.05, 0.1) is 22.4 Å². The number of β-amino-alcohol motifs (C(OH)–C–C–N with tert-alkyl or cyclic N) is 1. The van der Waals surface area contributed by atoms with Crippen molar-refractivity contribution in [1.82, 2.24) is 15.1 Å². The van der Waals surface area contributed by atoms with E-state index in [-0.39, 0.29) is 11.7 Å². The Bertz CT molecular complexity index is 773. The van der Waals surface area contributed by atoms with Gasteiger partial charge in [-0.2, -0.15) is 5.10 Å². The summed E-state index contributed by atoms with van der Waals surface area (Å²) < 4.78 is 24.7. The Labute approximate surface area is 142 Å². The van der Waals surface area contributed by atoms with Crippen LogP contribution in [0.2, 0.25) is 0 Å². The minimum Gasteiger partial charge on any atom is -0.391 e. The molecule has 0 saturated carbocycles. The number of hydrogen-bond acceptors (Lipinski definition) is 5. The highest BCUT2D eigenvalue weighted by Gasteiger charge is 2.32. The molecule has 2 aromatic rings. The first-order valence-corrected chi connectivity index (χ1v) is 9.78. The summed E-state index contributed by atoms with van der Waals surface area (Å²) in [5.41, 5.74) is 1.94. The van der Waals surface area contributed by atoms with Gasteiger partial charge >= 0.3 is 0 Å². The molecule has 1 aromatic carbocycles. The molecule has 0 unspecified atom stereocenters. The van der Waals surface area contributed by atoms with Crippen molar-refractivity contribution in [2.24, 2.45) is 5.92 Å². The van der Waals surface area contributed by atoms with Crippen molar-refractivity contribution in [2.75, 3.05) is 25.4 Å². The van der Waals surface area contributed by atoms with Crippen molar-refractivity contribution in [3.05, 3.63) is 47.8 Å². The lowest BCUT2D eigenvalue weighted by Gasteiger charge is -2.15. The van der Waals surface area contributed by atoms with Crippen LogP contribution in [0.1, 0.15) is 11.4 Å². The lowest BCUT2D eigenvalue weighted by Crippen LogP contribution is -2.28. The number of sulfone groups is 1. The maximum Gasteiger partial charge on any atom is 0.179 e. The molecule has 2 atom stereocenters. The molecule has 1 aliphatic heterocycles. The van der Waals surface area contributed by atoms with E-state index in [0.29, 0.717) is 31.0 Å². The fourth-order valence-corrected chi connectivity index (χ4v) is 4.47. The van der Waals surface area contributed by atoms with Gasteiger partial charge in [-0.05, 0) is 31.5 Å². The van der Waals surface area contributed by atoms with Crippen molar-refractivity contribution in [3.63, 3.8) is 0 Å². The van der Waals surface area contributed by atoms with E-state index >= 15 is 0 Å². The summed E-state index contributed by atoms with van der Waals surface area (Å²) in [7, 11) is -3.28. The smallest absolute Gasteiger partial charge is 0.179 e. The van der Waals surface area contributed by atoms with E-state index in [4.69, 9.17) is 0 Å². The maximum absolute atomic E-state index is 12.3. The van der Waals surface area contributed by atoms with Gasteiger partial charge in [0, 0.05) is 31.2 Å². The molecule has 2 N–H and O–H groups in total. The van der Waals surface area contributed by atoms with Crippen LogP contribution in [-0.4, -0.2) is 60.1 Å². The van der Waals surface area contributed by atoms with E-state index in [1.165, 1.54) is 0 Å². The highest BCUT2D eigenvalue weighted by atomic mass is 32.2. The van der Waals surface area contributed by atoms with E-state index in [2.05, 4.69) is 10.2 Å². The number of aliphatic hydroxyl groups is 1. The minimum absolute atomic E-state index is 0.0674. The summed E-state index contributed by atoms with van der Waals surface area (Å²) in [5, 5.41) is 17.4. The van der Waals surface area contributed by atoms with Crippen LogP contribution in [0.25, 0.3) is 0 Å². The van der Waals surface area contributed by atoms with Crippen LogP contribution in [0, 0.1) is 12.8 Å². The van der Waals surface area contributed by atoms with Gasteiger partial charge in [0.15, 0.2) is 9.84 Å². The SMILES string of the molecule is Cc1cc(C[C@@H]2CN(CCS(=O)(=O)c3ccccc3)C[C@H]2O)n[nH]1. The Kier molecular flexibility index (Phi) is 5.03. The Morgan fingerprint density at radius 2 is 2.04 bits per heavy atom. The molecule has 1 fully saturated rings. The molecule has 3 rings (SSSR count). The number of aromatic amines is 1. The first kappa shape index (κ1) is 17.1. The first-order valence-electron chi connectivity index (χ1n) is 8.13. The third-order valence-electron chi connectivity index (χ3n) is 4.49. The molecular formula is C17H23N3O3S. The molecule has 7 heteroatoms. The van der Waals surface area contributed by atoms with Gasteiger partial charge in [0.2, 0.25) is 0 Å². The second kappa shape index (κ2) is 7.04. The van der Waals surface area contributed by atoms with Gasteiger partial charge in [0.25, 0.3) is 0 Å². The van der Waals surface area contributed by atoms with Crippen LogP contribution >= 0.6 is 0 Å². The second-order valence-corrected chi connectivity index (χ2v) is 8.57. The monoisotopic (exact) mass is 349 g/mol. The molecule has 1 saturated heterocycles. The van der Waals surface area contributed by atoms with Crippen LogP contribution < -0.4 is 0 Å². The zero-order chi connectivity index (χ0) is 17.2. The van der Waals surface area contributed by atoms with E-state index in [1.807, 2.05) is 17.9 Å². The average Bonchev–Trinajstić information content (AvgIpc) is 3.13. The number of aliphatic hydroxyl groups excluding tert-OH is 1. The number of rotatable bonds is 6. The number of hydrogen-bond donors (Lipinski definition) is 2. The van der Waals surface area contributed by atoms with Crippen LogP contribution in [-0.2, 0) is 16.3 Å². The third-order valence-corrected chi connectivity index (χ3v) is 6.20. The standard InChI is InChI=1S/C17H23N3O3S/c1-13-9-15(19-18-13)10-14-11-20(12-17(14)21)7-8-24(22,23)16-5-3-2-4-6-16/h2-6,9,14,17,21H,7-8,10-12H2,1H3,(H,18,19)/t14-,17-/m1/s1. The molecule has 0 radical (unpaired) electrons. The topological polar surface area (TPSA) is 86.3 Å². The van der Waals surface area contributed by atoms with Crippen LogP contribution in [0.4, 0.5) is 0 Å². The number of H-pyrrole nitrogens is 1. The lowest BCUT2D eigenvalue weighted by molar-refractivity contribution is 0.141. The predicted molar refractivity (Wildman–Crippen MR) is 91.5 cm³/mol. The number of nitrogens with zero attached hydrogens (tertiary/aromatic N) is 2. The van der Waals surface area contributed by atoms with Crippen LogP contribution in [0.3, 0.4) is 0 Å². The molecule has 6 nitrogen and oxygen atoms in total. The number of nitrogens with one attached hydrogen (secondary N) is 1.